The van der Waals surface area contributed by atoms with Crippen molar-refractivity contribution in [1.82, 2.24) is 5.32 Å². The molecule has 0 saturated carbocycles. The predicted octanol–water partition coefficient (Wildman–Crippen LogP) is 1.36. The number of carbonyl (C=O) groups excluding carboxylic acids is 2. The second-order valence-corrected chi connectivity index (χ2v) is 4.30. The highest BCUT2D eigenvalue weighted by Gasteiger charge is 2.26. The van der Waals surface area contributed by atoms with Gasteiger partial charge < -0.3 is 15.2 Å². The van der Waals surface area contributed by atoms with Crippen LogP contribution in [0.4, 0.5) is 8.78 Å². The largest absolute Gasteiger partial charge is 0.480 e. The van der Waals surface area contributed by atoms with Gasteiger partial charge in [0.15, 0.2) is 0 Å². The zero-order valence-electron chi connectivity index (χ0n) is 10.7. The van der Waals surface area contributed by atoms with E-state index < -0.39 is 52.5 Å². The number of hydrogen-bond donors (Lipinski definition) is 2. The Morgan fingerprint density at radius 3 is 2.48 bits per heavy atom. The van der Waals surface area contributed by atoms with E-state index in [2.05, 4.69) is 4.74 Å². The van der Waals surface area contributed by atoms with E-state index in [1.54, 1.807) is 0 Å². The summed E-state index contributed by atoms with van der Waals surface area (Å²) in [6.07, 6.45) is -0.657. The van der Waals surface area contributed by atoms with Gasteiger partial charge in [0.25, 0.3) is 5.91 Å². The molecule has 0 spiro atoms. The fourth-order valence-corrected chi connectivity index (χ4v) is 1.53. The van der Waals surface area contributed by atoms with E-state index in [9.17, 15) is 23.2 Å². The Hall–Kier alpha value is -2.22. The zero-order chi connectivity index (χ0) is 16.2. The average molecular weight is 322 g/mol. The fourth-order valence-electron chi connectivity index (χ4n) is 1.38. The number of ether oxygens (including phenoxy) is 1. The molecule has 6 nitrogen and oxygen atoms in total. The molecule has 0 fully saturated rings. The maximum atomic E-state index is 13.5. The third kappa shape index (κ3) is 4.38. The summed E-state index contributed by atoms with van der Waals surface area (Å²) in [5.41, 5.74) is -0.729. The molecule has 0 aromatic heterocycles. The number of carbonyl (C=O) groups is 3. The summed E-state index contributed by atoms with van der Waals surface area (Å²) in [5.74, 6) is -5.77. The van der Waals surface area contributed by atoms with Gasteiger partial charge in [-0.2, -0.15) is 0 Å². The van der Waals surface area contributed by atoms with Crippen molar-refractivity contribution in [1.29, 1.82) is 0 Å². The highest BCUT2D eigenvalue weighted by Crippen LogP contribution is 2.19. The van der Waals surface area contributed by atoms with E-state index in [1.807, 2.05) is 5.32 Å². The van der Waals surface area contributed by atoms with Crippen LogP contribution in [0, 0.1) is 11.6 Å². The number of methoxy groups -OCH3 is 1. The summed E-state index contributed by atoms with van der Waals surface area (Å²) in [7, 11) is 1.04. The van der Waals surface area contributed by atoms with Crippen LogP contribution in [0.3, 0.4) is 0 Å². The molecule has 1 rings (SSSR count). The van der Waals surface area contributed by atoms with Crippen LogP contribution < -0.4 is 5.32 Å². The first kappa shape index (κ1) is 16.8. The summed E-state index contributed by atoms with van der Waals surface area (Å²) in [6.45, 7) is 0. The summed E-state index contributed by atoms with van der Waals surface area (Å²) in [4.78, 5) is 33.7. The molecule has 9 heteroatoms. The number of nitrogens with one attached hydrogen (secondary N) is 1. The van der Waals surface area contributed by atoms with Gasteiger partial charge in [0.05, 0.1) is 24.1 Å². The standard InChI is InChI=1S/C12H10ClF2NO5/c1-21-10(17)4-9(12(19)20)16-11(18)5-2-8(15)6(13)3-7(5)14/h2-3,9H,4H2,1H3,(H,16,18)(H,19,20)/t9-/m0/s1. The monoisotopic (exact) mass is 321 g/mol. The lowest BCUT2D eigenvalue weighted by Crippen LogP contribution is -2.42. The van der Waals surface area contributed by atoms with Crippen molar-refractivity contribution in [2.75, 3.05) is 7.11 Å². The minimum Gasteiger partial charge on any atom is -0.480 e. The lowest BCUT2D eigenvalue weighted by Gasteiger charge is -2.13. The number of carboxylic acid groups (broad SMARTS) is 1. The Bertz CT molecular complexity index is 593. The van der Waals surface area contributed by atoms with Gasteiger partial charge in [-0.15, -0.1) is 0 Å². The molecule has 0 unspecified atom stereocenters. The number of esters is 1. The first-order valence-corrected chi connectivity index (χ1v) is 5.89. The van der Waals surface area contributed by atoms with Crippen LogP contribution in [-0.2, 0) is 14.3 Å². The van der Waals surface area contributed by atoms with Gasteiger partial charge in [-0.3, -0.25) is 9.59 Å². The topological polar surface area (TPSA) is 92.7 Å². The first-order chi connectivity index (χ1) is 9.76. The van der Waals surface area contributed by atoms with Crippen molar-refractivity contribution in [2.24, 2.45) is 0 Å². The lowest BCUT2D eigenvalue weighted by atomic mass is 10.1. The van der Waals surface area contributed by atoms with Crippen molar-refractivity contribution >= 4 is 29.4 Å². The molecule has 0 heterocycles. The molecule has 2 N–H and O–H groups in total. The minimum atomic E-state index is -1.64. The molecule has 0 saturated heterocycles. The molecule has 1 aromatic carbocycles. The molecule has 1 atom stereocenters. The number of hydrogen-bond acceptors (Lipinski definition) is 4. The third-order valence-corrected chi connectivity index (χ3v) is 2.75. The Kier molecular flexibility index (Phi) is 5.60. The van der Waals surface area contributed by atoms with E-state index in [0.29, 0.717) is 12.1 Å². The van der Waals surface area contributed by atoms with Crippen molar-refractivity contribution in [2.45, 2.75) is 12.5 Å². The van der Waals surface area contributed by atoms with Crippen LogP contribution in [0.15, 0.2) is 12.1 Å². The molecular formula is C12H10ClF2NO5. The van der Waals surface area contributed by atoms with Crippen LogP contribution in [0.25, 0.3) is 0 Å². The predicted molar refractivity (Wildman–Crippen MR) is 66.9 cm³/mol. The van der Waals surface area contributed by atoms with Crippen LogP contribution in [-0.4, -0.2) is 36.1 Å². The molecule has 0 aliphatic rings. The summed E-state index contributed by atoms with van der Waals surface area (Å²) in [6, 6.07) is -0.519. The van der Waals surface area contributed by atoms with Gasteiger partial charge in [0.1, 0.15) is 17.7 Å². The van der Waals surface area contributed by atoms with Crippen LogP contribution in [0.1, 0.15) is 16.8 Å². The Morgan fingerprint density at radius 2 is 1.95 bits per heavy atom. The minimum absolute atomic E-state index is 0.520. The molecular weight excluding hydrogens is 312 g/mol. The number of halogens is 3. The lowest BCUT2D eigenvalue weighted by molar-refractivity contribution is -0.147. The summed E-state index contributed by atoms with van der Waals surface area (Å²) in [5, 5.41) is 10.2. The highest BCUT2D eigenvalue weighted by molar-refractivity contribution is 6.30. The number of benzene rings is 1. The summed E-state index contributed by atoms with van der Waals surface area (Å²) < 4.78 is 31.0. The van der Waals surface area contributed by atoms with Crippen LogP contribution in [0.5, 0.6) is 0 Å². The number of carboxylic acids is 1. The number of rotatable bonds is 5. The number of aliphatic carboxylic acids is 1. The number of amides is 1. The van der Waals surface area contributed by atoms with E-state index in [-0.39, 0.29) is 0 Å². The molecule has 114 valence electrons. The second-order valence-electron chi connectivity index (χ2n) is 3.89. The van der Waals surface area contributed by atoms with Gasteiger partial charge in [-0.1, -0.05) is 11.6 Å². The van der Waals surface area contributed by atoms with Crippen molar-refractivity contribution in [3.8, 4) is 0 Å². The SMILES string of the molecule is COC(=O)C[C@H](NC(=O)c1cc(F)c(Cl)cc1F)C(=O)O. The van der Waals surface area contributed by atoms with Gasteiger partial charge in [0, 0.05) is 0 Å². The van der Waals surface area contributed by atoms with E-state index >= 15 is 0 Å². The molecule has 0 aliphatic carbocycles. The van der Waals surface area contributed by atoms with Crippen LogP contribution in [0.2, 0.25) is 5.02 Å². The molecule has 1 amide bonds. The van der Waals surface area contributed by atoms with Gasteiger partial charge in [0.2, 0.25) is 0 Å². The molecule has 1 aromatic rings. The Balaban J connectivity index is 2.95. The van der Waals surface area contributed by atoms with E-state index in [1.165, 1.54) is 0 Å². The molecule has 0 bridgehead atoms. The smallest absolute Gasteiger partial charge is 0.326 e. The molecule has 21 heavy (non-hydrogen) atoms. The zero-order valence-corrected chi connectivity index (χ0v) is 11.4. The van der Waals surface area contributed by atoms with Gasteiger partial charge in [-0.25, -0.2) is 13.6 Å². The fraction of sp³-hybridized carbons (Fsp3) is 0.250. The second kappa shape index (κ2) is 6.98. The highest BCUT2D eigenvalue weighted by atomic mass is 35.5. The first-order valence-electron chi connectivity index (χ1n) is 5.51. The maximum Gasteiger partial charge on any atom is 0.326 e. The van der Waals surface area contributed by atoms with Crippen LogP contribution >= 0.6 is 11.6 Å². The summed E-state index contributed by atoms with van der Waals surface area (Å²) >= 11 is 5.33. The van der Waals surface area contributed by atoms with E-state index in [4.69, 9.17) is 16.7 Å². The molecule has 0 aliphatic heterocycles. The van der Waals surface area contributed by atoms with Gasteiger partial charge >= 0.3 is 11.9 Å². The maximum absolute atomic E-state index is 13.5. The molecule has 0 radical (unpaired) electrons. The van der Waals surface area contributed by atoms with Crippen molar-refractivity contribution in [3.63, 3.8) is 0 Å². The van der Waals surface area contributed by atoms with E-state index in [0.717, 1.165) is 7.11 Å². The third-order valence-electron chi connectivity index (χ3n) is 2.46. The Labute approximate surface area is 122 Å². The average Bonchev–Trinajstić information content (AvgIpc) is 2.41. The normalized spacial score (nSPS) is 11.6. The van der Waals surface area contributed by atoms with Crippen molar-refractivity contribution < 1.29 is 33.0 Å². The van der Waals surface area contributed by atoms with Gasteiger partial charge in [-0.05, 0) is 12.1 Å². The van der Waals surface area contributed by atoms with Crippen molar-refractivity contribution in [3.05, 3.63) is 34.4 Å². The quantitative estimate of drug-likeness (QED) is 0.631. The Morgan fingerprint density at radius 1 is 1.33 bits per heavy atom.